The Balaban J connectivity index is 1.92. The molecule has 1 fully saturated rings. The van der Waals surface area contributed by atoms with Gasteiger partial charge in [-0.15, -0.1) is 0 Å². The smallest absolute Gasteiger partial charge is 0.266 e. The molecule has 0 aromatic heterocycles. The number of amides is 2. The predicted molar refractivity (Wildman–Crippen MR) is 88.8 cm³/mol. The highest BCUT2D eigenvalue weighted by Gasteiger charge is 2.33. The van der Waals surface area contributed by atoms with Crippen molar-refractivity contribution in [1.29, 1.82) is 0 Å². The van der Waals surface area contributed by atoms with Gasteiger partial charge in [-0.05, 0) is 36.8 Å². The molecule has 6 nitrogen and oxygen atoms in total. The third-order valence-corrected chi connectivity index (χ3v) is 5.79. The van der Waals surface area contributed by atoms with Crippen LogP contribution < -0.4 is 5.32 Å². The number of benzene rings is 2. The highest BCUT2D eigenvalue weighted by molar-refractivity contribution is 7.89. The minimum atomic E-state index is -4.22. The first-order chi connectivity index (χ1) is 12.7. The first kappa shape index (κ1) is 18.9. The van der Waals surface area contributed by atoms with Gasteiger partial charge in [0.05, 0.1) is 10.5 Å². The highest BCUT2D eigenvalue weighted by Crippen LogP contribution is 2.24. The molecule has 0 bridgehead atoms. The number of nitrogens with one attached hydrogen (secondary N) is 1. The van der Waals surface area contributed by atoms with Gasteiger partial charge in [0.1, 0.15) is 5.82 Å². The van der Waals surface area contributed by atoms with Crippen LogP contribution in [-0.4, -0.2) is 31.1 Å². The van der Waals surface area contributed by atoms with Gasteiger partial charge in [0, 0.05) is 24.7 Å². The van der Waals surface area contributed by atoms with Crippen LogP contribution in [0.15, 0.2) is 41.3 Å². The lowest BCUT2D eigenvalue weighted by Crippen LogP contribution is -2.32. The van der Waals surface area contributed by atoms with Crippen LogP contribution in [0.4, 0.5) is 18.9 Å². The minimum absolute atomic E-state index is 0.00886. The van der Waals surface area contributed by atoms with Crippen molar-refractivity contribution in [2.24, 2.45) is 0 Å². The van der Waals surface area contributed by atoms with Crippen molar-refractivity contribution in [3.63, 3.8) is 0 Å². The maximum atomic E-state index is 14.0. The molecule has 1 aliphatic rings. The second-order valence-electron chi connectivity index (χ2n) is 5.80. The van der Waals surface area contributed by atoms with Crippen molar-refractivity contribution < 1.29 is 31.2 Å². The Morgan fingerprint density at radius 2 is 1.70 bits per heavy atom. The minimum Gasteiger partial charge on any atom is -0.322 e. The summed E-state index contributed by atoms with van der Waals surface area (Å²) in [5.74, 6) is -4.98. The molecule has 0 saturated carbocycles. The van der Waals surface area contributed by atoms with E-state index in [0.717, 1.165) is 30.3 Å². The fraction of sp³-hybridized carbons (Fsp3) is 0.176. The lowest BCUT2D eigenvalue weighted by atomic mass is 10.2. The summed E-state index contributed by atoms with van der Waals surface area (Å²) in [7, 11) is -4.22. The number of halogens is 3. The van der Waals surface area contributed by atoms with Gasteiger partial charge >= 0.3 is 0 Å². The molecule has 1 saturated heterocycles. The Morgan fingerprint density at radius 3 is 2.33 bits per heavy atom. The molecule has 1 heterocycles. The van der Waals surface area contributed by atoms with Crippen LogP contribution in [0, 0.1) is 17.5 Å². The molecule has 3 rings (SSSR count). The van der Waals surface area contributed by atoms with Crippen LogP contribution in [-0.2, 0) is 14.8 Å². The molecule has 1 aliphatic heterocycles. The first-order valence-corrected chi connectivity index (χ1v) is 9.25. The molecular weight excluding hydrogens is 385 g/mol. The Bertz CT molecular complexity index is 1040. The van der Waals surface area contributed by atoms with Gasteiger partial charge in [-0.1, -0.05) is 0 Å². The number of hydrogen-bond acceptors (Lipinski definition) is 4. The van der Waals surface area contributed by atoms with Gasteiger partial charge in [0.2, 0.25) is 5.91 Å². The molecule has 0 radical (unpaired) electrons. The lowest BCUT2D eigenvalue weighted by Gasteiger charge is -2.16. The van der Waals surface area contributed by atoms with Gasteiger partial charge < -0.3 is 5.32 Å². The highest BCUT2D eigenvalue weighted by atomic mass is 32.2. The van der Waals surface area contributed by atoms with E-state index in [1.165, 1.54) is 0 Å². The summed E-state index contributed by atoms with van der Waals surface area (Å²) in [6.07, 6.45) is 0.465. The molecule has 0 unspecified atom stereocenters. The second kappa shape index (κ2) is 7.03. The quantitative estimate of drug-likeness (QED) is 0.858. The fourth-order valence-electron chi connectivity index (χ4n) is 2.62. The third kappa shape index (κ3) is 3.65. The Morgan fingerprint density at radius 1 is 1.00 bits per heavy atom. The normalized spacial score (nSPS) is 14.5. The number of carbonyl (C=O) groups is 2. The van der Waals surface area contributed by atoms with E-state index >= 15 is 0 Å². The number of nitrogens with zero attached hydrogens (tertiary/aromatic N) is 1. The van der Waals surface area contributed by atoms with Crippen LogP contribution in [0.3, 0.4) is 0 Å². The van der Waals surface area contributed by atoms with Crippen LogP contribution in [0.2, 0.25) is 0 Å². The van der Waals surface area contributed by atoms with E-state index in [1.807, 2.05) is 0 Å². The molecular formula is C17H13F3N2O4S. The summed E-state index contributed by atoms with van der Waals surface area (Å²) in [6.45, 7) is 0.00886. The van der Waals surface area contributed by atoms with Crippen molar-refractivity contribution in [1.82, 2.24) is 4.31 Å². The maximum Gasteiger partial charge on any atom is 0.266 e. The second-order valence-corrected chi connectivity index (χ2v) is 7.66. The topological polar surface area (TPSA) is 83.6 Å². The number of rotatable bonds is 4. The third-order valence-electron chi connectivity index (χ3n) is 3.98. The summed E-state index contributed by atoms with van der Waals surface area (Å²) in [4.78, 5) is 23.5. The Kier molecular flexibility index (Phi) is 4.92. The summed E-state index contributed by atoms with van der Waals surface area (Å²) in [5, 5.41) is 2.16. The zero-order chi connectivity index (χ0) is 19.8. The van der Waals surface area contributed by atoms with Crippen molar-refractivity contribution in [3.8, 4) is 0 Å². The van der Waals surface area contributed by atoms with Crippen LogP contribution >= 0.6 is 0 Å². The molecule has 27 heavy (non-hydrogen) atoms. The zero-order valence-electron chi connectivity index (χ0n) is 13.7. The molecule has 1 N–H and O–H groups in total. The fourth-order valence-corrected chi connectivity index (χ4v) is 4.11. The van der Waals surface area contributed by atoms with Gasteiger partial charge in [-0.3, -0.25) is 9.59 Å². The average molecular weight is 398 g/mol. The predicted octanol–water partition coefficient (Wildman–Crippen LogP) is 2.67. The summed E-state index contributed by atoms with van der Waals surface area (Å²) in [5.41, 5.74) is -0.756. The van der Waals surface area contributed by atoms with E-state index in [4.69, 9.17) is 0 Å². The number of carbonyl (C=O) groups excluding carboxylic acids is 2. The molecule has 0 aliphatic carbocycles. The lowest BCUT2D eigenvalue weighted by molar-refractivity contribution is -0.123. The van der Waals surface area contributed by atoms with Gasteiger partial charge in [0.15, 0.2) is 11.6 Å². The molecule has 142 valence electrons. The van der Waals surface area contributed by atoms with E-state index in [2.05, 4.69) is 5.32 Å². The van der Waals surface area contributed by atoms with Crippen molar-refractivity contribution in [2.75, 3.05) is 11.9 Å². The van der Waals surface area contributed by atoms with Crippen LogP contribution in [0.25, 0.3) is 0 Å². The van der Waals surface area contributed by atoms with E-state index in [-0.39, 0.29) is 18.7 Å². The molecule has 2 aromatic rings. The van der Waals surface area contributed by atoms with Gasteiger partial charge in [0.25, 0.3) is 15.9 Å². The number of hydrogen-bond donors (Lipinski definition) is 1. The van der Waals surface area contributed by atoms with Crippen molar-refractivity contribution in [3.05, 3.63) is 59.4 Å². The van der Waals surface area contributed by atoms with Gasteiger partial charge in [-0.25, -0.2) is 25.9 Å². The van der Waals surface area contributed by atoms with E-state index in [0.29, 0.717) is 16.8 Å². The number of anilines is 1. The first-order valence-electron chi connectivity index (χ1n) is 7.81. The van der Waals surface area contributed by atoms with Crippen LogP contribution in [0.5, 0.6) is 0 Å². The SMILES string of the molecule is O=C(Nc1ccc(F)c(F)c1)c1cc(S(=O)(=O)N2CCCC2=O)ccc1F. The summed E-state index contributed by atoms with van der Waals surface area (Å²) in [6, 6.07) is 5.08. The van der Waals surface area contributed by atoms with E-state index in [9.17, 15) is 31.2 Å². The van der Waals surface area contributed by atoms with Crippen molar-refractivity contribution in [2.45, 2.75) is 17.7 Å². The summed E-state index contributed by atoms with van der Waals surface area (Å²) < 4.78 is 65.9. The summed E-state index contributed by atoms with van der Waals surface area (Å²) >= 11 is 0. The molecule has 0 atom stereocenters. The Hall–Kier alpha value is -2.88. The van der Waals surface area contributed by atoms with E-state index in [1.54, 1.807) is 0 Å². The largest absolute Gasteiger partial charge is 0.322 e. The average Bonchev–Trinajstić information content (AvgIpc) is 3.05. The standard InChI is InChI=1S/C17H13F3N2O4S/c18-13-6-4-11(27(25,26)22-7-1-2-16(22)23)9-12(13)17(24)21-10-3-5-14(19)15(20)8-10/h3-6,8-9H,1-2,7H2,(H,21,24). The van der Waals surface area contributed by atoms with E-state index < -0.39 is 49.7 Å². The molecule has 0 spiro atoms. The molecule has 10 heteroatoms. The van der Waals surface area contributed by atoms with Gasteiger partial charge in [-0.2, -0.15) is 0 Å². The number of sulfonamides is 1. The monoisotopic (exact) mass is 398 g/mol. The zero-order valence-corrected chi connectivity index (χ0v) is 14.5. The van der Waals surface area contributed by atoms with Crippen molar-refractivity contribution >= 4 is 27.5 Å². The molecule has 2 amide bonds. The maximum absolute atomic E-state index is 14.0. The molecule has 2 aromatic carbocycles. The van der Waals surface area contributed by atoms with Crippen LogP contribution in [0.1, 0.15) is 23.2 Å². The Labute approximate surface area is 152 Å².